The predicted molar refractivity (Wildman–Crippen MR) is 202 cm³/mol. The van der Waals surface area contributed by atoms with Gasteiger partial charge >= 0.3 is 12.4 Å². The number of rotatable bonds is 17. The quantitative estimate of drug-likeness (QED) is 0.104. The number of halogens is 6. The molecular weight excluding hydrogens is 734 g/mol. The molecule has 4 aromatic rings. The first-order valence-electron chi connectivity index (χ1n) is 19.5. The van der Waals surface area contributed by atoms with E-state index in [1.165, 1.54) is 0 Å². The summed E-state index contributed by atoms with van der Waals surface area (Å²) in [6, 6.07) is 15.5. The van der Waals surface area contributed by atoms with E-state index in [0.29, 0.717) is 23.0 Å². The van der Waals surface area contributed by atoms with Crippen LogP contribution in [0.5, 0.6) is 0 Å². The van der Waals surface area contributed by atoms with Gasteiger partial charge in [0, 0.05) is 61.7 Å². The fraction of sp³-hybridized carbons (Fsp3) is 0.524. The van der Waals surface area contributed by atoms with Crippen molar-refractivity contribution in [3.8, 4) is 33.6 Å². The first-order chi connectivity index (χ1) is 26.5. The third-order valence-corrected chi connectivity index (χ3v) is 10.7. The van der Waals surface area contributed by atoms with Crippen molar-refractivity contribution >= 4 is 11.8 Å². The van der Waals surface area contributed by atoms with Gasteiger partial charge in [-0.15, -0.1) is 0 Å². The Hall–Kier alpha value is -4.62. The number of imidazole rings is 2. The van der Waals surface area contributed by atoms with Crippen LogP contribution in [0.1, 0.15) is 115 Å². The SMILES string of the molecule is CC(C)N(C(=O)C[C@@H](CCC(F)(F)F)c1ncc(-c2ccc(-c3ccc(-c4cnc([C@H](CCC(F)(F)F)CC(=O)N(C(C)C)C5CC5)[nH]4)cc3)cc2)[nH]1)C1CC1. The van der Waals surface area contributed by atoms with E-state index < -0.39 is 37.0 Å². The number of H-pyrrole nitrogens is 2. The van der Waals surface area contributed by atoms with Crippen molar-refractivity contribution in [1.29, 1.82) is 0 Å². The summed E-state index contributed by atoms with van der Waals surface area (Å²) in [6.07, 6.45) is -4.52. The molecule has 2 heterocycles. The van der Waals surface area contributed by atoms with Gasteiger partial charge in [-0.1, -0.05) is 48.5 Å². The fourth-order valence-corrected chi connectivity index (χ4v) is 7.58. The first kappa shape index (κ1) is 41.0. The lowest BCUT2D eigenvalue weighted by molar-refractivity contribution is -0.140. The highest BCUT2D eigenvalue weighted by Crippen LogP contribution is 2.37. The monoisotopic (exact) mass is 784 g/mol. The minimum Gasteiger partial charge on any atom is -0.342 e. The van der Waals surface area contributed by atoms with Crippen molar-refractivity contribution < 1.29 is 35.9 Å². The van der Waals surface area contributed by atoms with Crippen LogP contribution in [0.4, 0.5) is 26.3 Å². The van der Waals surface area contributed by atoms with Gasteiger partial charge in [0.15, 0.2) is 0 Å². The molecule has 302 valence electrons. The van der Waals surface area contributed by atoms with E-state index in [1.807, 2.05) is 76.2 Å². The van der Waals surface area contributed by atoms with E-state index in [-0.39, 0.29) is 61.7 Å². The van der Waals surface area contributed by atoms with Crippen molar-refractivity contribution in [3.05, 3.63) is 72.6 Å². The van der Waals surface area contributed by atoms with Crippen molar-refractivity contribution in [2.24, 2.45) is 0 Å². The average Bonchev–Trinajstić information content (AvgIpc) is 4.04. The summed E-state index contributed by atoms with van der Waals surface area (Å²) < 4.78 is 79.6. The molecule has 2 fully saturated rings. The van der Waals surface area contributed by atoms with Gasteiger partial charge in [0.2, 0.25) is 11.8 Å². The molecule has 0 aliphatic heterocycles. The zero-order valence-corrected chi connectivity index (χ0v) is 32.2. The lowest BCUT2D eigenvalue weighted by Gasteiger charge is -2.28. The number of carbonyl (C=O) groups is 2. The number of alkyl halides is 6. The number of hydrogen-bond donors (Lipinski definition) is 2. The van der Waals surface area contributed by atoms with E-state index in [4.69, 9.17) is 0 Å². The Morgan fingerprint density at radius 1 is 0.607 bits per heavy atom. The molecule has 2 N–H and O–H groups in total. The lowest BCUT2D eigenvalue weighted by Crippen LogP contribution is -2.39. The molecule has 2 aromatic heterocycles. The topological polar surface area (TPSA) is 98.0 Å². The summed E-state index contributed by atoms with van der Waals surface area (Å²) in [4.78, 5) is 45.3. The normalized spacial score (nSPS) is 16.0. The molecule has 2 atom stereocenters. The van der Waals surface area contributed by atoms with Gasteiger partial charge in [0.1, 0.15) is 11.6 Å². The van der Waals surface area contributed by atoms with Crippen molar-refractivity contribution in [2.75, 3.05) is 0 Å². The number of hydrogen-bond acceptors (Lipinski definition) is 4. The second-order valence-electron chi connectivity index (χ2n) is 15.9. The molecule has 2 aliphatic rings. The minimum atomic E-state index is -4.35. The Morgan fingerprint density at radius 3 is 1.21 bits per heavy atom. The number of carbonyl (C=O) groups excluding carboxylic acids is 2. The van der Waals surface area contributed by atoms with Crippen LogP contribution in [0.3, 0.4) is 0 Å². The van der Waals surface area contributed by atoms with E-state index in [1.54, 1.807) is 22.2 Å². The molecule has 2 aliphatic carbocycles. The Bertz CT molecular complexity index is 1780. The van der Waals surface area contributed by atoms with Crippen LogP contribution in [0.2, 0.25) is 0 Å². The van der Waals surface area contributed by atoms with Crippen molar-refractivity contribution in [3.63, 3.8) is 0 Å². The van der Waals surface area contributed by atoms with E-state index in [2.05, 4.69) is 19.9 Å². The van der Waals surface area contributed by atoms with Gasteiger partial charge in [-0.3, -0.25) is 9.59 Å². The largest absolute Gasteiger partial charge is 0.389 e. The third kappa shape index (κ3) is 10.8. The van der Waals surface area contributed by atoms with Crippen LogP contribution in [-0.2, 0) is 9.59 Å². The number of benzene rings is 2. The van der Waals surface area contributed by atoms with Crippen LogP contribution in [0.25, 0.3) is 33.6 Å². The summed E-state index contributed by atoms with van der Waals surface area (Å²) >= 11 is 0. The van der Waals surface area contributed by atoms with Gasteiger partial charge in [-0.2, -0.15) is 26.3 Å². The molecule has 0 bridgehead atoms. The van der Waals surface area contributed by atoms with Gasteiger partial charge in [0.25, 0.3) is 0 Å². The van der Waals surface area contributed by atoms with Gasteiger partial charge in [-0.05, 0) is 88.5 Å². The standard InChI is InChI=1S/C42H50F6N6O2/c1-25(2)53(33-13-14-33)37(55)21-31(17-19-41(43,44)45)39-49-23-35(51-39)29-9-5-27(6-10-29)28-7-11-30(12-8-28)36-24-50-40(52-36)32(18-20-42(46,47)48)22-38(56)54(26(3)4)34-15-16-34/h5-12,23-26,31-34H,13-22H2,1-4H3,(H,49,51)(H,50,52)/t31-,32-/m1/s1. The second-order valence-corrected chi connectivity index (χ2v) is 15.9. The average molecular weight is 785 g/mol. The van der Waals surface area contributed by atoms with Crippen LogP contribution < -0.4 is 0 Å². The fourth-order valence-electron chi connectivity index (χ4n) is 7.58. The maximum Gasteiger partial charge on any atom is 0.389 e. The van der Waals surface area contributed by atoms with Crippen LogP contribution in [0, 0.1) is 0 Å². The zero-order valence-electron chi connectivity index (χ0n) is 32.2. The smallest absolute Gasteiger partial charge is 0.342 e. The Labute approximate surface area is 323 Å². The second kappa shape index (κ2) is 16.9. The number of amides is 2. The molecule has 2 amide bonds. The molecule has 56 heavy (non-hydrogen) atoms. The minimum absolute atomic E-state index is 0.0356. The summed E-state index contributed by atoms with van der Waals surface area (Å²) in [7, 11) is 0. The van der Waals surface area contributed by atoms with Crippen molar-refractivity contribution in [2.45, 2.75) is 140 Å². The third-order valence-electron chi connectivity index (χ3n) is 10.7. The molecule has 14 heteroatoms. The number of nitrogens with one attached hydrogen (secondary N) is 2. The lowest BCUT2D eigenvalue weighted by atomic mass is 9.97. The molecule has 2 saturated carbocycles. The van der Waals surface area contributed by atoms with Crippen LogP contribution in [-0.4, -0.2) is 78.1 Å². The molecule has 6 rings (SSSR count). The molecule has 0 saturated heterocycles. The Kier molecular flexibility index (Phi) is 12.3. The highest BCUT2D eigenvalue weighted by atomic mass is 19.4. The molecule has 2 aromatic carbocycles. The van der Waals surface area contributed by atoms with Gasteiger partial charge < -0.3 is 19.8 Å². The van der Waals surface area contributed by atoms with Gasteiger partial charge in [-0.25, -0.2) is 9.97 Å². The number of aromatic amines is 2. The van der Waals surface area contributed by atoms with E-state index >= 15 is 0 Å². The zero-order chi connectivity index (χ0) is 40.4. The maximum atomic E-state index is 13.3. The van der Waals surface area contributed by atoms with E-state index in [0.717, 1.165) is 47.9 Å². The highest BCUT2D eigenvalue weighted by molar-refractivity contribution is 5.79. The molecular formula is C42H50F6N6O2. The summed E-state index contributed by atoms with van der Waals surface area (Å²) in [6.45, 7) is 7.68. The predicted octanol–water partition coefficient (Wildman–Crippen LogP) is 10.6. The first-order valence-corrected chi connectivity index (χ1v) is 19.5. The Balaban J connectivity index is 1.13. The van der Waals surface area contributed by atoms with Gasteiger partial charge in [0.05, 0.1) is 23.8 Å². The highest BCUT2D eigenvalue weighted by Gasteiger charge is 2.38. The molecule has 0 spiro atoms. The number of aromatic nitrogens is 4. The van der Waals surface area contributed by atoms with Crippen LogP contribution >= 0.6 is 0 Å². The summed E-state index contributed by atoms with van der Waals surface area (Å²) in [5, 5.41) is 0. The van der Waals surface area contributed by atoms with Crippen molar-refractivity contribution in [1.82, 2.24) is 29.7 Å². The molecule has 0 radical (unpaired) electrons. The molecule has 8 nitrogen and oxygen atoms in total. The maximum absolute atomic E-state index is 13.3. The molecule has 0 unspecified atom stereocenters. The van der Waals surface area contributed by atoms with Crippen LogP contribution in [0.15, 0.2) is 60.9 Å². The summed E-state index contributed by atoms with van der Waals surface area (Å²) in [5.41, 5.74) is 4.63. The van der Waals surface area contributed by atoms with E-state index in [9.17, 15) is 35.9 Å². The Morgan fingerprint density at radius 2 is 0.929 bits per heavy atom. The summed E-state index contributed by atoms with van der Waals surface area (Å²) in [5.74, 6) is -1.03. The number of nitrogens with zero attached hydrogens (tertiary/aromatic N) is 4.